The van der Waals surface area contributed by atoms with E-state index in [1.54, 1.807) is 36.5 Å². The van der Waals surface area contributed by atoms with E-state index >= 15 is 0 Å². The zero-order chi connectivity index (χ0) is 17.6. The minimum Gasteiger partial charge on any atom is -0.380 e. The molecule has 4 nitrogen and oxygen atoms in total. The van der Waals surface area contributed by atoms with Gasteiger partial charge in [-0.05, 0) is 42.8 Å². The molecule has 2 aromatic carbocycles. The van der Waals surface area contributed by atoms with Crippen molar-refractivity contribution < 1.29 is 4.79 Å². The molecule has 1 aromatic heterocycles. The number of rotatable bonds is 5. The summed E-state index contributed by atoms with van der Waals surface area (Å²) < 4.78 is 0. The van der Waals surface area contributed by atoms with Crippen LogP contribution in [0.15, 0.2) is 66.9 Å². The molecule has 2 N–H and O–H groups in total. The van der Waals surface area contributed by atoms with Gasteiger partial charge in [-0.25, -0.2) is 4.98 Å². The molecule has 3 rings (SSSR count). The number of halogens is 1. The Balaban J connectivity index is 1.59. The molecule has 0 aliphatic rings. The van der Waals surface area contributed by atoms with Gasteiger partial charge in [-0.3, -0.25) is 4.79 Å². The maximum Gasteiger partial charge on any atom is 0.274 e. The van der Waals surface area contributed by atoms with Gasteiger partial charge in [-0.1, -0.05) is 47.5 Å². The van der Waals surface area contributed by atoms with Gasteiger partial charge in [-0.2, -0.15) is 0 Å². The van der Waals surface area contributed by atoms with Gasteiger partial charge in [0, 0.05) is 17.3 Å². The first-order valence-corrected chi connectivity index (χ1v) is 8.30. The molecule has 0 aliphatic heterocycles. The monoisotopic (exact) mass is 351 g/mol. The molecule has 0 radical (unpaired) electrons. The van der Waals surface area contributed by atoms with Gasteiger partial charge in [0.2, 0.25) is 0 Å². The number of nitrogens with zero attached hydrogens (tertiary/aromatic N) is 1. The van der Waals surface area contributed by atoms with Crippen molar-refractivity contribution >= 4 is 28.9 Å². The second-order valence-electron chi connectivity index (χ2n) is 5.74. The molecule has 1 amide bonds. The van der Waals surface area contributed by atoms with Gasteiger partial charge in [-0.15, -0.1) is 0 Å². The number of carbonyl (C=O) groups is 1. The van der Waals surface area contributed by atoms with Crippen LogP contribution in [0, 0.1) is 6.92 Å². The predicted octanol–water partition coefficient (Wildman–Crippen LogP) is 4.91. The Morgan fingerprint density at radius 2 is 1.84 bits per heavy atom. The van der Waals surface area contributed by atoms with Gasteiger partial charge in [0.05, 0.1) is 11.9 Å². The molecule has 25 heavy (non-hydrogen) atoms. The van der Waals surface area contributed by atoms with E-state index < -0.39 is 0 Å². The van der Waals surface area contributed by atoms with Crippen LogP contribution >= 0.6 is 11.6 Å². The van der Waals surface area contributed by atoms with Crippen molar-refractivity contribution in [1.29, 1.82) is 0 Å². The molecular weight excluding hydrogens is 334 g/mol. The van der Waals surface area contributed by atoms with Crippen LogP contribution in [0.1, 0.15) is 21.6 Å². The summed E-state index contributed by atoms with van der Waals surface area (Å²) in [7, 11) is 0. The largest absolute Gasteiger partial charge is 0.380 e. The molecule has 0 unspecified atom stereocenters. The van der Waals surface area contributed by atoms with Gasteiger partial charge in [0.15, 0.2) is 0 Å². The van der Waals surface area contributed by atoms with Crippen LogP contribution in [-0.2, 0) is 6.54 Å². The number of nitrogens with one attached hydrogen (secondary N) is 2. The Morgan fingerprint density at radius 3 is 2.52 bits per heavy atom. The molecular formula is C20H18ClN3O. The van der Waals surface area contributed by atoms with Crippen LogP contribution in [-0.4, -0.2) is 10.9 Å². The first kappa shape index (κ1) is 17.0. The quantitative estimate of drug-likeness (QED) is 0.686. The average Bonchev–Trinajstić information content (AvgIpc) is 2.62. The zero-order valence-electron chi connectivity index (χ0n) is 13.8. The Bertz CT molecular complexity index is 861. The summed E-state index contributed by atoms with van der Waals surface area (Å²) in [5.41, 5.74) is 4.27. The fourth-order valence-electron chi connectivity index (χ4n) is 2.30. The molecule has 0 fully saturated rings. The van der Waals surface area contributed by atoms with Crippen molar-refractivity contribution in [1.82, 2.24) is 4.98 Å². The predicted molar refractivity (Wildman–Crippen MR) is 102 cm³/mol. The lowest BCUT2D eigenvalue weighted by Crippen LogP contribution is -2.13. The molecule has 0 spiro atoms. The molecule has 0 atom stereocenters. The highest BCUT2D eigenvalue weighted by molar-refractivity contribution is 6.30. The molecule has 126 valence electrons. The lowest BCUT2D eigenvalue weighted by molar-refractivity contribution is 0.102. The number of pyridine rings is 1. The van der Waals surface area contributed by atoms with Crippen LogP contribution < -0.4 is 10.6 Å². The third-order valence-electron chi connectivity index (χ3n) is 3.70. The SMILES string of the molecule is Cc1ccc(CNc2ccc(C(=O)Nc3cccc(Cl)c3)nc2)cc1. The summed E-state index contributed by atoms with van der Waals surface area (Å²) in [5.74, 6) is -0.271. The molecule has 0 saturated carbocycles. The second-order valence-corrected chi connectivity index (χ2v) is 6.17. The number of anilines is 2. The van der Waals surface area contributed by atoms with Gasteiger partial charge < -0.3 is 10.6 Å². The smallest absolute Gasteiger partial charge is 0.274 e. The standard InChI is InChI=1S/C20H18ClN3O/c1-14-5-7-15(8-6-14)12-22-18-9-10-19(23-13-18)20(25)24-17-4-2-3-16(21)11-17/h2-11,13,22H,12H2,1H3,(H,24,25). The molecule has 0 aliphatic carbocycles. The van der Waals surface area contributed by atoms with Crippen LogP contribution in [0.2, 0.25) is 5.02 Å². The number of hydrogen-bond acceptors (Lipinski definition) is 3. The fraction of sp³-hybridized carbons (Fsp3) is 0.100. The highest BCUT2D eigenvalue weighted by Crippen LogP contribution is 2.16. The third kappa shape index (κ3) is 4.81. The summed E-state index contributed by atoms with van der Waals surface area (Å²) >= 11 is 5.91. The van der Waals surface area contributed by atoms with Gasteiger partial charge in [0.1, 0.15) is 5.69 Å². The van der Waals surface area contributed by atoms with E-state index in [1.165, 1.54) is 11.1 Å². The number of hydrogen-bond donors (Lipinski definition) is 2. The van der Waals surface area contributed by atoms with E-state index in [0.29, 0.717) is 22.9 Å². The number of aromatic nitrogens is 1. The number of amides is 1. The molecule has 0 saturated heterocycles. The number of aryl methyl sites for hydroxylation is 1. The first-order chi connectivity index (χ1) is 12.1. The van der Waals surface area contributed by atoms with Crippen molar-refractivity contribution in [2.24, 2.45) is 0 Å². The lowest BCUT2D eigenvalue weighted by atomic mass is 10.1. The van der Waals surface area contributed by atoms with E-state index in [1.807, 2.05) is 6.07 Å². The van der Waals surface area contributed by atoms with Gasteiger partial charge in [0.25, 0.3) is 5.91 Å². The molecule has 5 heteroatoms. The fourth-order valence-corrected chi connectivity index (χ4v) is 2.49. The van der Waals surface area contributed by atoms with Crippen LogP contribution in [0.4, 0.5) is 11.4 Å². The lowest BCUT2D eigenvalue weighted by Gasteiger charge is -2.08. The maximum absolute atomic E-state index is 12.2. The summed E-state index contributed by atoms with van der Waals surface area (Å²) in [4.78, 5) is 16.4. The minimum absolute atomic E-state index is 0.271. The van der Waals surface area contributed by atoms with Gasteiger partial charge >= 0.3 is 0 Å². The maximum atomic E-state index is 12.2. The van der Waals surface area contributed by atoms with E-state index in [0.717, 1.165) is 5.69 Å². The molecule has 0 bridgehead atoms. The second kappa shape index (κ2) is 7.81. The Morgan fingerprint density at radius 1 is 1.04 bits per heavy atom. The van der Waals surface area contributed by atoms with E-state index in [2.05, 4.69) is 46.8 Å². The van der Waals surface area contributed by atoms with Crippen molar-refractivity contribution in [3.8, 4) is 0 Å². The molecule has 1 heterocycles. The summed E-state index contributed by atoms with van der Waals surface area (Å²) in [6, 6.07) is 18.9. The summed E-state index contributed by atoms with van der Waals surface area (Å²) in [6.07, 6.45) is 1.65. The van der Waals surface area contributed by atoms with Crippen molar-refractivity contribution in [2.45, 2.75) is 13.5 Å². The normalized spacial score (nSPS) is 10.3. The van der Waals surface area contributed by atoms with Crippen LogP contribution in [0.25, 0.3) is 0 Å². The Hall–Kier alpha value is -2.85. The highest BCUT2D eigenvalue weighted by Gasteiger charge is 2.08. The van der Waals surface area contributed by atoms with E-state index in [4.69, 9.17) is 11.6 Å². The molecule has 3 aromatic rings. The Kier molecular flexibility index (Phi) is 5.31. The van der Waals surface area contributed by atoms with E-state index in [-0.39, 0.29) is 5.91 Å². The van der Waals surface area contributed by atoms with Crippen molar-refractivity contribution in [2.75, 3.05) is 10.6 Å². The van der Waals surface area contributed by atoms with Crippen LogP contribution in [0.3, 0.4) is 0 Å². The number of carbonyl (C=O) groups excluding carboxylic acids is 1. The first-order valence-electron chi connectivity index (χ1n) is 7.92. The summed E-state index contributed by atoms with van der Waals surface area (Å²) in [6.45, 7) is 2.77. The third-order valence-corrected chi connectivity index (χ3v) is 3.93. The number of benzene rings is 2. The summed E-state index contributed by atoms with van der Waals surface area (Å²) in [5, 5.41) is 6.64. The van der Waals surface area contributed by atoms with Crippen molar-refractivity contribution in [3.63, 3.8) is 0 Å². The highest BCUT2D eigenvalue weighted by atomic mass is 35.5. The van der Waals surface area contributed by atoms with E-state index in [9.17, 15) is 4.79 Å². The average molecular weight is 352 g/mol. The zero-order valence-corrected chi connectivity index (χ0v) is 14.5. The van der Waals surface area contributed by atoms with Crippen molar-refractivity contribution in [3.05, 3.63) is 88.7 Å². The minimum atomic E-state index is -0.271. The van der Waals surface area contributed by atoms with Crippen LogP contribution in [0.5, 0.6) is 0 Å². The Labute approximate surface area is 151 Å². The topological polar surface area (TPSA) is 54.0 Å².